The lowest BCUT2D eigenvalue weighted by Crippen LogP contribution is -2.31. The molecule has 1 N–H and O–H groups in total. The highest BCUT2D eigenvalue weighted by Crippen LogP contribution is 2.45. The van der Waals surface area contributed by atoms with Crippen molar-refractivity contribution in [3.8, 4) is 0 Å². The standard InChI is InChI=1S/C24H21ClN2O4S/c1-26(2)18-12-8-16(9-13-18)21-23(32(30,31)20-6-4-3-5-7-20)22(28)24(29)27(21)19-14-10-17(25)11-15-19/h3-15,21,28H,1-2H3. The Bertz CT molecular complexity index is 1290. The lowest BCUT2D eigenvalue weighted by Gasteiger charge is -2.27. The van der Waals surface area contributed by atoms with Crippen LogP contribution < -0.4 is 9.80 Å². The number of anilines is 2. The van der Waals surface area contributed by atoms with Crippen LogP contribution in [0.15, 0.2) is 94.4 Å². The second kappa shape index (κ2) is 8.33. The molecule has 0 aromatic heterocycles. The summed E-state index contributed by atoms with van der Waals surface area (Å²) in [6, 6.07) is 20.4. The van der Waals surface area contributed by atoms with Crippen molar-refractivity contribution < 1.29 is 18.3 Å². The zero-order valence-electron chi connectivity index (χ0n) is 17.4. The Hall–Kier alpha value is -3.29. The topological polar surface area (TPSA) is 77.9 Å². The van der Waals surface area contributed by atoms with Crippen molar-refractivity contribution in [1.29, 1.82) is 0 Å². The molecule has 32 heavy (non-hydrogen) atoms. The molecule has 1 amide bonds. The van der Waals surface area contributed by atoms with Crippen LogP contribution in [0.25, 0.3) is 0 Å². The van der Waals surface area contributed by atoms with Gasteiger partial charge in [0.2, 0.25) is 9.84 Å². The lowest BCUT2D eigenvalue weighted by molar-refractivity contribution is -0.117. The molecule has 3 aromatic rings. The van der Waals surface area contributed by atoms with Gasteiger partial charge < -0.3 is 10.0 Å². The average molecular weight is 469 g/mol. The van der Waals surface area contributed by atoms with E-state index in [2.05, 4.69) is 0 Å². The number of aliphatic hydroxyl groups excluding tert-OH is 1. The fourth-order valence-electron chi connectivity index (χ4n) is 3.71. The molecule has 0 saturated heterocycles. The molecule has 8 heteroatoms. The van der Waals surface area contributed by atoms with E-state index in [1.165, 1.54) is 17.0 Å². The number of sulfone groups is 1. The van der Waals surface area contributed by atoms with Gasteiger partial charge in [0.15, 0.2) is 5.76 Å². The quantitative estimate of drug-likeness (QED) is 0.585. The summed E-state index contributed by atoms with van der Waals surface area (Å²) in [6.07, 6.45) is 0. The maximum Gasteiger partial charge on any atom is 0.295 e. The molecule has 164 valence electrons. The van der Waals surface area contributed by atoms with E-state index < -0.39 is 27.5 Å². The van der Waals surface area contributed by atoms with Crippen molar-refractivity contribution >= 4 is 38.7 Å². The first-order valence-electron chi connectivity index (χ1n) is 9.81. The minimum atomic E-state index is -4.16. The summed E-state index contributed by atoms with van der Waals surface area (Å²) in [7, 11) is -0.375. The fourth-order valence-corrected chi connectivity index (χ4v) is 5.48. The Labute approximate surface area is 191 Å². The van der Waals surface area contributed by atoms with Gasteiger partial charge in [-0.3, -0.25) is 9.69 Å². The van der Waals surface area contributed by atoms with Gasteiger partial charge >= 0.3 is 0 Å². The number of hydrogen-bond acceptors (Lipinski definition) is 5. The number of aliphatic hydroxyl groups is 1. The molecular weight excluding hydrogens is 448 g/mol. The molecule has 4 rings (SSSR count). The van der Waals surface area contributed by atoms with Gasteiger partial charge in [-0.25, -0.2) is 8.42 Å². The van der Waals surface area contributed by atoms with Crippen LogP contribution in [0.5, 0.6) is 0 Å². The highest BCUT2D eigenvalue weighted by atomic mass is 35.5. The zero-order chi connectivity index (χ0) is 23.0. The number of carbonyl (C=O) groups is 1. The Balaban J connectivity index is 1.92. The minimum absolute atomic E-state index is 0.00205. The summed E-state index contributed by atoms with van der Waals surface area (Å²) in [4.78, 5) is 16.0. The van der Waals surface area contributed by atoms with E-state index in [1.807, 2.05) is 31.1 Å². The molecular formula is C24H21ClN2O4S. The van der Waals surface area contributed by atoms with Crippen LogP contribution in [0.3, 0.4) is 0 Å². The Morgan fingerprint density at radius 3 is 2.06 bits per heavy atom. The summed E-state index contributed by atoms with van der Waals surface area (Å²) in [5, 5.41) is 11.3. The summed E-state index contributed by atoms with van der Waals surface area (Å²) in [5.41, 5.74) is 1.89. The van der Waals surface area contributed by atoms with Crippen molar-refractivity contribution in [2.24, 2.45) is 0 Å². The number of nitrogens with zero attached hydrogens (tertiary/aromatic N) is 2. The zero-order valence-corrected chi connectivity index (χ0v) is 19.0. The molecule has 1 heterocycles. The third kappa shape index (κ3) is 3.74. The second-order valence-corrected chi connectivity index (χ2v) is 9.92. The third-order valence-corrected chi connectivity index (χ3v) is 7.47. The van der Waals surface area contributed by atoms with Crippen LogP contribution in [0.4, 0.5) is 11.4 Å². The smallest absolute Gasteiger partial charge is 0.295 e. The van der Waals surface area contributed by atoms with Crippen LogP contribution in [0.2, 0.25) is 5.02 Å². The predicted octanol–water partition coefficient (Wildman–Crippen LogP) is 4.74. The normalized spacial score (nSPS) is 16.5. The fraction of sp³-hybridized carbons (Fsp3) is 0.125. The van der Waals surface area contributed by atoms with E-state index >= 15 is 0 Å². The first kappa shape index (κ1) is 21.9. The average Bonchev–Trinajstić information content (AvgIpc) is 3.06. The van der Waals surface area contributed by atoms with Gasteiger partial charge in [0.1, 0.15) is 10.9 Å². The predicted molar refractivity (Wildman–Crippen MR) is 126 cm³/mol. The molecule has 3 aromatic carbocycles. The molecule has 0 aliphatic carbocycles. The Morgan fingerprint density at radius 1 is 0.906 bits per heavy atom. The van der Waals surface area contributed by atoms with Gasteiger partial charge in [-0.2, -0.15) is 0 Å². The second-order valence-electron chi connectivity index (χ2n) is 7.57. The van der Waals surface area contributed by atoms with Gasteiger partial charge in [-0.15, -0.1) is 0 Å². The molecule has 0 radical (unpaired) electrons. The monoisotopic (exact) mass is 468 g/mol. The highest BCUT2D eigenvalue weighted by Gasteiger charge is 2.47. The van der Waals surface area contributed by atoms with Gasteiger partial charge in [0, 0.05) is 30.5 Å². The third-order valence-electron chi connectivity index (χ3n) is 5.33. The molecule has 1 atom stereocenters. The van der Waals surface area contributed by atoms with E-state index in [1.54, 1.807) is 54.6 Å². The maximum atomic E-state index is 13.6. The van der Waals surface area contributed by atoms with Gasteiger partial charge in [-0.05, 0) is 54.1 Å². The van der Waals surface area contributed by atoms with E-state index in [9.17, 15) is 18.3 Å². The van der Waals surface area contributed by atoms with Crippen LogP contribution in [0, 0.1) is 0 Å². The highest BCUT2D eigenvalue weighted by molar-refractivity contribution is 7.95. The lowest BCUT2D eigenvalue weighted by atomic mass is 10.1. The first-order valence-corrected chi connectivity index (χ1v) is 11.7. The summed E-state index contributed by atoms with van der Waals surface area (Å²) < 4.78 is 27.1. The van der Waals surface area contributed by atoms with Crippen LogP contribution in [-0.4, -0.2) is 33.5 Å². The SMILES string of the molecule is CN(C)c1ccc(C2C(S(=O)(=O)c3ccccc3)=C(O)C(=O)N2c2ccc(Cl)cc2)cc1. The number of benzene rings is 3. The number of carbonyl (C=O) groups excluding carboxylic acids is 1. The van der Waals surface area contributed by atoms with Gasteiger partial charge in [0.25, 0.3) is 5.91 Å². The van der Waals surface area contributed by atoms with Crippen LogP contribution in [0.1, 0.15) is 11.6 Å². The summed E-state index contributed by atoms with van der Waals surface area (Å²) in [6.45, 7) is 0. The molecule has 6 nitrogen and oxygen atoms in total. The molecule has 0 saturated carbocycles. The Kier molecular flexibility index (Phi) is 5.71. The van der Waals surface area contributed by atoms with Gasteiger partial charge in [0.05, 0.1) is 4.90 Å². The first-order chi connectivity index (χ1) is 15.2. The van der Waals surface area contributed by atoms with Crippen molar-refractivity contribution in [3.05, 3.63) is 100 Å². The number of halogens is 1. The van der Waals surface area contributed by atoms with E-state index in [4.69, 9.17) is 11.6 Å². The molecule has 1 unspecified atom stereocenters. The molecule has 0 spiro atoms. The van der Waals surface area contributed by atoms with Crippen molar-refractivity contribution in [2.45, 2.75) is 10.9 Å². The molecule has 1 aliphatic rings. The molecule has 0 fully saturated rings. The van der Waals surface area contributed by atoms with E-state index in [0.717, 1.165) is 5.69 Å². The van der Waals surface area contributed by atoms with E-state index in [-0.39, 0.29) is 9.80 Å². The number of rotatable bonds is 5. The Morgan fingerprint density at radius 2 is 1.50 bits per heavy atom. The van der Waals surface area contributed by atoms with Crippen molar-refractivity contribution in [1.82, 2.24) is 0 Å². The summed E-state index contributed by atoms with van der Waals surface area (Å²) >= 11 is 6.00. The maximum absolute atomic E-state index is 13.6. The van der Waals surface area contributed by atoms with Crippen molar-refractivity contribution in [2.75, 3.05) is 23.9 Å². The number of amides is 1. The largest absolute Gasteiger partial charge is 0.502 e. The van der Waals surface area contributed by atoms with Gasteiger partial charge in [-0.1, -0.05) is 41.9 Å². The number of hydrogen-bond donors (Lipinski definition) is 1. The molecule has 0 bridgehead atoms. The van der Waals surface area contributed by atoms with E-state index in [0.29, 0.717) is 16.3 Å². The minimum Gasteiger partial charge on any atom is -0.502 e. The van der Waals surface area contributed by atoms with Crippen LogP contribution >= 0.6 is 11.6 Å². The molecule has 1 aliphatic heterocycles. The van der Waals surface area contributed by atoms with Crippen molar-refractivity contribution in [3.63, 3.8) is 0 Å². The summed E-state index contributed by atoms with van der Waals surface area (Å²) in [5.74, 6) is -1.57. The van der Waals surface area contributed by atoms with Crippen LogP contribution in [-0.2, 0) is 14.6 Å².